The molecular weight excluding hydrogens is 450 g/mol. The van der Waals surface area contributed by atoms with Crippen LogP contribution in [-0.4, -0.2) is 24.4 Å². The quantitative estimate of drug-likeness (QED) is 0.394. The van der Waals surface area contributed by atoms with Gasteiger partial charge < -0.3 is 4.74 Å². The number of amides is 2. The van der Waals surface area contributed by atoms with E-state index in [1.807, 2.05) is 24.3 Å². The Kier molecular flexibility index (Phi) is 4.52. The Hall–Kier alpha value is -3.44. The molecule has 0 unspecified atom stereocenters. The summed E-state index contributed by atoms with van der Waals surface area (Å²) in [5, 5.41) is 0.213. The first-order valence-electron chi connectivity index (χ1n) is 11.4. The lowest BCUT2D eigenvalue weighted by molar-refractivity contribution is -0.123. The van der Waals surface area contributed by atoms with Crippen LogP contribution in [0.15, 0.2) is 66.7 Å². The zero-order valence-electron chi connectivity index (χ0n) is 18.7. The van der Waals surface area contributed by atoms with E-state index in [0.717, 1.165) is 22.3 Å². The van der Waals surface area contributed by atoms with Gasteiger partial charge in [-0.1, -0.05) is 67.1 Å². The van der Waals surface area contributed by atoms with E-state index < -0.39 is 23.2 Å². The van der Waals surface area contributed by atoms with Crippen molar-refractivity contribution < 1.29 is 19.1 Å². The van der Waals surface area contributed by atoms with Crippen molar-refractivity contribution in [2.45, 2.75) is 25.2 Å². The molecule has 0 N–H and O–H groups in total. The fourth-order valence-corrected chi connectivity index (χ4v) is 6.62. The predicted octanol–water partition coefficient (Wildman–Crippen LogP) is 5.09. The van der Waals surface area contributed by atoms with Crippen LogP contribution in [0.5, 0.6) is 0 Å². The largest absolute Gasteiger partial charge is 0.462 e. The second-order valence-electron chi connectivity index (χ2n) is 9.25. The smallest absolute Gasteiger partial charge is 0.339 e. The maximum absolute atomic E-state index is 14.0. The zero-order chi connectivity index (χ0) is 23.8. The SMILES string of the molecule is CCOC(=O)c1cc(N2C(=O)[C@H]3C4c5ccccc5C(C)(c5ccccc54)[C@H]3C2=O)ccc1Cl. The molecule has 3 aromatic rings. The first-order chi connectivity index (χ1) is 16.4. The predicted molar refractivity (Wildman–Crippen MR) is 128 cm³/mol. The van der Waals surface area contributed by atoms with E-state index in [9.17, 15) is 14.4 Å². The molecule has 1 fully saturated rings. The monoisotopic (exact) mass is 471 g/mol. The summed E-state index contributed by atoms with van der Waals surface area (Å²) in [6, 6.07) is 20.9. The fraction of sp³-hybridized carbons (Fsp3) is 0.250. The van der Waals surface area contributed by atoms with Crippen LogP contribution >= 0.6 is 11.6 Å². The Morgan fingerprint density at radius 3 is 2.21 bits per heavy atom. The van der Waals surface area contributed by atoms with Gasteiger partial charge in [-0.3, -0.25) is 9.59 Å². The minimum atomic E-state index is -0.634. The molecular formula is C28H22ClNO4. The second-order valence-corrected chi connectivity index (χ2v) is 9.66. The lowest BCUT2D eigenvalue weighted by Gasteiger charge is -2.52. The number of nitrogens with zero attached hydrogens (tertiary/aromatic N) is 1. The van der Waals surface area contributed by atoms with E-state index in [0.29, 0.717) is 5.69 Å². The summed E-state index contributed by atoms with van der Waals surface area (Å²) >= 11 is 6.24. The molecule has 4 aliphatic rings. The van der Waals surface area contributed by atoms with Crippen LogP contribution in [0.2, 0.25) is 5.02 Å². The number of halogens is 1. The van der Waals surface area contributed by atoms with E-state index in [4.69, 9.17) is 16.3 Å². The molecule has 6 heteroatoms. The molecule has 0 radical (unpaired) electrons. The lowest BCUT2D eigenvalue weighted by Crippen LogP contribution is -2.51. The standard InChI is InChI=1S/C28H22ClNO4/c1-3-34-27(33)18-14-15(12-13-21(18)29)30-25(31)23-22-16-8-4-6-10-19(16)28(2,24(23)26(30)32)20-11-7-5-9-17(20)22/h4-14,22-24H,3H2,1-2H3/t22?,23-,24+,28?/m0/s1. The van der Waals surface area contributed by atoms with Crippen LogP contribution in [0.25, 0.3) is 0 Å². The van der Waals surface area contributed by atoms with Crippen LogP contribution in [0.1, 0.15) is 52.4 Å². The summed E-state index contributed by atoms with van der Waals surface area (Å²) in [7, 11) is 0. The lowest BCUT2D eigenvalue weighted by atomic mass is 9.48. The molecule has 5 nitrogen and oxygen atoms in total. The summed E-state index contributed by atoms with van der Waals surface area (Å²) in [4.78, 5) is 41.6. The number of rotatable bonds is 3. The molecule has 34 heavy (non-hydrogen) atoms. The molecule has 1 aliphatic heterocycles. The summed E-state index contributed by atoms with van der Waals surface area (Å²) < 4.78 is 5.11. The van der Waals surface area contributed by atoms with Gasteiger partial charge in [0.25, 0.3) is 0 Å². The molecule has 2 bridgehead atoms. The van der Waals surface area contributed by atoms with Gasteiger partial charge in [0.15, 0.2) is 0 Å². The minimum absolute atomic E-state index is 0.136. The second kappa shape index (κ2) is 7.28. The van der Waals surface area contributed by atoms with Crippen LogP contribution in [0, 0.1) is 11.8 Å². The van der Waals surface area contributed by atoms with Gasteiger partial charge in [0.2, 0.25) is 11.8 Å². The average Bonchev–Trinajstić information content (AvgIpc) is 3.11. The van der Waals surface area contributed by atoms with E-state index in [1.165, 1.54) is 17.0 Å². The molecule has 0 spiro atoms. The summed E-state index contributed by atoms with van der Waals surface area (Å²) in [5.74, 6) is -2.31. The molecule has 0 saturated carbocycles. The van der Waals surface area contributed by atoms with Crippen molar-refractivity contribution >= 4 is 35.1 Å². The van der Waals surface area contributed by atoms with Crippen molar-refractivity contribution in [3.05, 3.63) is 99.6 Å². The topological polar surface area (TPSA) is 63.7 Å². The normalized spacial score (nSPS) is 26.2. The summed E-state index contributed by atoms with van der Waals surface area (Å²) in [6.45, 7) is 3.99. The Morgan fingerprint density at radius 2 is 1.59 bits per heavy atom. The Bertz CT molecular complexity index is 1350. The zero-order valence-corrected chi connectivity index (χ0v) is 19.5. The third-order valence-electron chi connectivity index (χ3n) is 7.75. The Balaban J connectivity index is 1.52. The van der Waals surface area contributed by atoms with Crippen LogP contribution in [-0.2, 0) is 19.7 Å². The number of carbonyl (C=O) groups is 3. The Morgan fingerprint density at radius 1 is 0.971 bits per heavy atom. The fourth-order valence-electron chi connectivity index (χ4n) is 6.42. The van der Waals surface area contributed by atoms with Gasteiger partial charge in [0.1, 0.15) is 0 Å². The van der Waals surface area contributed by atoms with Crippen LogP contribution in [0.3, 0.4) is 0 Å². The maximum atomic E-state index is 14.0. The molecule has 3 aromatic carbocycles. The van der Waals surface area contributed by atoms with Gasteiger partial charge in [-0.05, 0) is 47.4 Å². The minimum Gasteiger partial charge on any atom is -0.462 e. The number of benzene rings is 3. The molecule has 1 heterocycles. The number of hydrogen-bond acceptors (Lipinski definition) is 4. The number of esters is 1. The number of imide groups is 1. The molecule has 7 rings (SSSR count). The molecule has 2 amide bonds. The summed E-state index contributed by atoms with van der Waals surface area (Å²) in [5.41, 5.74) is 4.26. The van der Waals surface area contributed by atoms with Crippen molar-refractivity contribution in [1.82, 2.24) is 0 Å². The highest BCUT2D eigenvalue weighted by Crippen LogP contribution is 2.64. The van der Waals surface area contributed by atoms with E-state index >= 15 is 0 Å². The van der Waals surface area contributed by atoms with Crippen molar-refractivity contribution in [1.29, 1.82) is 0 Å². The molecule has 0 aromatic heterocycles. The van der Waals surface area contributed by atoms with Gasteiger partial charge in [-0.25, -0.2) is 9.69 Å². The number of ether oxygens (including phenoxy) is 1. The first-order valence-corrected chi connectivity index (χ1v) is 11.8. The molecule has 1 saturated heterocycles. The van der Waals surface area contributed by atoms with E-state index in [2.05, 4.69) is 31.2 Å². The molecule has 3 aliphatic carbocycles. The first kappa shape index (κ1) is 21.1. The van der Waals surface area contributed by atoms with Crippen molar-refractivity contribution in [2.24, 2.45) is 11.8 Å². The van der Waals surface area contributed by atoms with Crippen LogP contribution < -0.4 is 4.90 Å². The average molecular weight is 472 g/mol. The maximum Gasteiger partial charge on any atom is 0.339 e. The number of hydrogen-bond donors (Lipinski definition) is 0. The Labute approximate surface area is 202 Å². The van der Waals surface area contributed by atoms with E-state index in [-0.39, 0.29) is 34.9 Å². The van der Waals surface area contributed by atoms with Crippen molar-refractivity contribution in [2.75, 3.05) is 11.5 Å². The van der Waals surface area contributed by atoms with Gasteiger partial charge in [-0.2, -0.15) is 0 Å². The number of anilines is 1. The van der Waals surface area contributed by atoms with Gasteiger partial charge in [0, 0.05) is 11.3 Å². The van der Waals surface area contributed by atoms with Gasteiger partial charge in [0.05, 0.1) is 34.7 Å². The van der Waals surface area contributed by atoms with E-state index in [1.54, 1.807) is 13.0 Å². The third-order valence-corrected chi connectivity index (χ3v) is 8.08. The van der Waals surface area contributed by atoms with Gasteiger partial charge in [-0.15, -0.1) is 0 Å². The molecule has 170 valence electrons. The highest BCUT2D eigenvalue weighted by Gasteiger charge is 2.66. The number of carbonyl (C=O) groups excluding carboxylic acids is 3. The molecule has 2 atom stereocenters. The van der Waals surface area contributed by atoms with Crippen molar-refractivity contribution in [3.63, 3.8) is 0 Å². The van der Waals surface area contributed by atoms with Gasteiger partial charge >= 0.3 is 5.97 Å². The summed E-state index contributed by atoms with van der Waals surface area (Å²) in [6.07, 6.45) is 0. The highest BCUT2D eigenvalue weighted by molar-refractivity contribution is 6.34. The highest BCUT2D eigenvalue weighted by atomic mass is 35.5. The third kappa shape index (κ3) is 2.53. The van der Waals surface area contributed by atoms with Crippen molar-refractivity contribution in [3.8, 4) is 0 Å². The van der Waals surface area contributed by atoms with Crippen LogP contribution in [0.4, 0.5) is 5.69 Å².